The van der Waals surface area contributed by atoms with Crippen LogP contribution in [0.15, 0.2) is 42.6 Å². The van der Waals surface area contributed by atoms with Crippen molar-refractivity contribution >= 4 is 22.6 Å². The Morgan fingerprint density at radius 1 is 1.06 bits per heavy atom. The molecule has 3 aliphatic rings. The SMILES string of the molecule is CC1C2CCC(CC2)C1Cc1nc(-c2[nH]nc3ncc(Cl)cc23)nc(-c2ccccc2)c1F. The van der Waals surface area contributed by atoms with Gasteiger partial charge in [0.25, 0.3) is 0 Å². The number of fused-ring (bicyclic) bond motifs is 4. The Hall–Kier alpha value is -2.86. The molecule has 2 bridgehead atoms. The summed E-state index contributed by atoms with van der Waals surface area (Å²) in [7, 11) is 0. The van der Waals surface area contributed by atoms with Crippen LogP contribution >= 0.6 is 11.6 Å². The molecular weight excluding hydrogens is 437 g/mol. The third-order valence-electron chi connectivity index (χ3n) is 7.84. The highest BCUT2D eigenvalue weighted by Gasteiger charge is 2.41. The standard InChI is InChI=1S/C26H25ClFN5/c1-14-15-7-9-16(10-8-15)19(14)12-21-22(28)23(17-5-3-2-4-6-17)31-26(30-21)24-20-11-18(27)13-29-25(20)33-32-24/h2-6,11,13-16,19H,7-10,12H2,1H3,(H,29,32,33). The summed E-state index contributed by atoms with van der Waals surface area (Å²) >= 11 is 6.19. The van der Waals surface area contributed by atoms with Gasteiger partial charge in [-0.25, -0.2) is 19.3 Å². The van der Waals surface area contributed by atoms with Crippen LogP contribution in [-0.2, 0) is 6.42 Å². The van der Waals surface area contributed by atoms with Crippen molar-refractivity contribution in [2.24, 2.45) is 23.7 Å². The highest BCUT2D eigenvalue weighted by Crippen LogP contribution is 2.50. The van der Waals surface area contributed by atoms with E-state index in [1.807, 2.05) is 30.3 Å². The normalized spacial score (nSPS) is 24.5. The van der Waals surface area contributed by atoms with Crippen molar-refractivity contribution in [2.45, 2.75) is 39.0 Å². The smallest absolute Gasteiger partial charge is 0.181 e. The molecule has 4 aromatic rings. The van der Waals surface area contributed by atoms with E-state index in [4.69, 9.17) is 16.6 Å². The van der Waals surface area contributed by atoms with Crippen molar-refractivity contribution in [1.82, 2.24) is 25.1 Å². The Balaban J connectivity index is 1.49. The molecule has 0 aliphatic heterocycles. The van der Waals surface area contributed by atoms with Gasteiger partial charge in [-0.3, -0.25) is 5.10 Å². The number of hydrogen-bond donors (Lipinski definition) is 1. The summed E-state index contributed by atoms with van der Waals surface area (Å²) in [6.07, 6.45) is 7.31. The lowest BCUT2D eigenvalue weighted by molar-refractivity contribution is 0.0334. The number of pyridine rings is 1. The highest BCUT2D eigenvalue weighted by molar-refractivity contribution is 6.31. The number of aromatic amines is 1. The molecule has 3 fully saturated rings. The van der Waals surface area contributed by atoms with E-state index in [0.717, 1.165) is 16.9 Å². The number of nitrogens with zero attached hydrogens (tertiary/aromatic N) is 4. The van der Waals surface area contributed by atoms with E-state index in [1.165, 1.54) is 25.7 Å². The third-order valence-corrected chi connectivity index (χ3v) is 8.04. The minimum absolute atomic E-state index is 0.321. The van der Waals surface area contributed by atoms with Crippen molar-refractivity contribution in [2.75, 3.05) is 0 Å². The Morgan fingerprint density at radius 2 is 1.82 bits per heavy atom. The van der Waals surface area contributed by atoms with Crippen LogP contribution in [0.1, 0.15) is 38.3 Å². The van der Waals surface area contributed by atoms with E-state index in [0.29, 0.717) is 57.8 Å². The van der Waals surface area contributed by atoms with Gasteiger partial charge in [-0.1, -0.05) is 48.9 Å². The maximum absolute atomic E-state index is 15.9. The number of rotatable bonds is 4. The van der Waals surface area contributed by atoms with Crippen molar-refractivity contribution in [1.29, 1.82) is 0 Å². The van der Waals surface area contributed by atoms with Gasteiger partial charge >= 0.3 is 0 Å². The van der Waals surface area contributed by atoms with Crippen LogP contribution < -0.4 is 0 Å². The summed E-state index contributed by atoms with van der Waals surface area (Å²) in [5.41, 5.74) is 2.68. The van der Waals surface area contributed by atoms with E-state index in [9.17, 15) is 0 Å². The Morgan fingerprint density at radius 3 is 2.58 bits per heavy atom. The minimum atomic E-state index is -0.321. The number of benzene rings is 1. The van der Waals surface area contributed by atoms with Gasteiger partial charge in [-0.15, -0.1) is 0 Å². The van der Waals surface area contributed by atoms with Gasteiger partial charge < -0.3 is 0 Å². The molecule has 3 saturated carbocycles. The van der Waals surface area contributed by atoms with Crippen molar-refractivity contribution in [3.8, 4) is 22.8 Å². The summed E-state index contributed by atoms with van der Waals surface area (Å²) in [5, 5.41) is 8.51. The quantitative estimate of drug-likeness (QED) is 0.377. The second kappa shape index (κ2) is 8.17. The molecule has 168 valence electrons. The molecule has 3 aliphatic carbocycles. The molecule has 33 heavy (non-hydrogen) atoms. The molecule has 0 amide bonds. The molecular formula is C26H25ClFN5. The zero-order chi connectivity index (χ0) is 22.5. The summed E-state index contributed by atoms with van der Waals surface area (Å²) in [5.74, 6) is 2.55. The summed E-state index contributed by atoms with van der Waals surface area (Å²) in [4.78, 5) is 13.7. The van der Waals surface area contributed by atoms with E-state index in [1.54, 1.807) is 12.3 Å². The molecule has 5 nitrogen and oxygen atoms in total. The van der Waals surface area contributed by atoms with Crippen molar-refractivity contribution < 1.29 is 4.39 Å². The number of aromatic nitrogens is 5. The molecule has 1 aromatic carbocycles. The minimum Gasteiger partial charge on any atom is -0.272 e. The van der Waals surface area contributed by atoms with Crippen LogP contribution in [0.5, 0.6) is 0 Å². The maximum atomic E-state index is 15.9. The third kappa shape index (κ3) is 3.61. The number of hydrogen-bond acceptors (Lipinski definition) is 4. The number of H-pyrrole nitrogens is 1. The van der Waals surface area contributed by atoms with E-state index >= 15 is 4.39 Å². The van der Waals surface area contributed by atoms with Gasteiger partial charge in [-0.2, -0.15) is 5.10 Å². The molecule has 0 saturated heterocycles. The number of halogens is 2. The lowest BCUT2D eigenvalue weighted by atomic mass is 9.58. The first-order chi connectivity index (χ1) is 16.1. The van der Waals surface area contributed by atoms with Crippen LogP contribution in [0, 0.1) is 29.5 Å². The molecule has 3 heterocycles. The predicted octanol–water partition coefficient (Wildman–Crippen LogP) is 6.49. The first-order valence-corrected chi connectivity index (χ1v) is 12.1. The van der Waals surface area contributed by atoms with Gasteiger partial charge in [0.1, 0.15) is 11.4 Å². The van der Waals surface area contributed by atoms with Gasteiger partial charge in [0, 0.05) is 11.8 Å². The Bertz CT molecular complexity index is 1310. The fourth-order valence-corrected chi connectivity index (χ4v) is 6.18. The van der Waals surface area contributed by atoms with Gasteiger partial charge in [0.05, 0.1) is 16.1 Å². The lowest BCUT2D eigenvalue weighted by Crippen LogP contribution is -2.39. The predicted molar refractivity (Wildman–Crippen MR) is 127 cm³/mol. The van der Waals surface area contributed by atoms with Crippen LogP contribution in [-0.4, -0.2) is 25.1 Å². The fourth-order valence-electron chi connectivity index (χ4n) is 6.03. The molecule has 7 heteroatoms. The van der Waals surface area contributed by atoms with E-state index in [-0.39, 0.29) is 5.82 Å². The van der Waals surface area contributed by atoms with Crippen molar-refractivity contribution in [3.63, 3.8) is 0 Å². The van der Waals surface area contributed by atoms with Crippen LogP contribution in [0.25, 0.3) is 33.8 Å². The topological polar surface area (TPSA) is 67.3 Å². The average molecular weight is 462 g/mol. The first-order valence-electron chi connectivity index (χ1n) is 11.7. The zero-order valence-electron chi connectivity index (χ0n) is 18.4. The number of nitrogens with one attached hydrogen (secondary N) is 1. The largest absolute Gasteiger partial charge is 0.272 e. The Labute approximate surface area is 196 Å². The second-order valence-corrected chi connectivity index (χ2v) is 9.98. The fraction of sp³-hybridized carbons (Fsp3) is 0.385. The monoisotopic (exact) mass is 461 g/mol. The second-order valence-electron chi connectivity index (χ2n) is 9.55. The van der Waals surface area contributed by atoms with Gasteiger partial charge in [0.15, 0.2) is 17.3 Å². The van der Waals surface area contributed by atoms with Crippen LogP contribution in [0.4, 0.5) is 4.39 Å². The highest BCUT2D eigenvalue weighted by atomic mass is 35.5. The summed E-state index contributed by atoms with van der Waals surface area (Å²) in [6, 6.07) is 11.3. The van der Waals surface area contributed by atoms with Crippen molar-refractivity contribution in [3.05, 3.63) is 59.1 Å². The first kappa shape index (κ1) is 20.7. The van der Waals surface area contributed by atoms with Crippen LogP contribution in [0.3, 0.4) is 0 Å². The van der Waals surface area contributed by atoms with Crippen LogP contribution in [0.2, 0.25) is 5.02 Å². The average Bonchev–Trinajstić information content (AvgIpc) is 3.26. The summed E-state index contributed by atoms with van der Waals surface area (Å²) in [6.45, 7) is 2.34. The molecule has 2 unspecified atom stereocenters. The van der Waals surface area contributed by atoms with E-state index in [2.05, 4.69) is 27.1 Å². The zero-order valence-corrected chi connectivity index (χ0v) is 19.2. The molecule has 3 aromatic heterocycles. The molecule has 0 radical (unpaired) electrons. The molecule has 2 atom stereocenters. The molecule has 1 N–H and O–H groups in total. The maximum Gasteiger partial charge on any atom is 0.181 e. The Kier molecular flexibility index (Phi) is 5.13. The van der Waals surface area contributed by atoms with Gasteiger partial charge in [-0.05, 0) is 61.8 Å². The lowest BCUT2D eigenvalue weighted by Gasteiger charge is -2.47. The van der Waals surface area contributed by atoms with Gasteiger partial charge in [0.2, 0.25) is 0 Å². The molecule has 7 rings (SSSR count). The van der Waals surface area contributed by atoms with E-state index < -0.39 is 0 Å². The molecule has 0 spiro atoms. The summed E-state index contributed by atoms with van der Waals surface area (Å²) < 4.78 is 15.9.